The first kappa shape index (κ1) is 20.9. The number of anilines is 1. The lowest BCUT2D eigenvalue weighted by molar-refractivity contribution is 0.0955. The summed E-state index contributed by atoms with van der Waals surface area (Å²) in [6.07, 6.45) is 0. The van der Waals surface area contributed by atoms with Gasteiger partial charge in [-0.3, -0.25) is 9.36 Å². The zero-order valence-electron chi connectivity index (χ0n) is 18.1. The fourth-order valence-corrected chi connectivity index (χ4v) is 4.50. The van der Waals surface area contributed by atoms with Crippen molar-refractivity contribution in [2.45, 2.75) is 12.8 Å². The van der Waals surface area contributed by atoms with E-state index in [0.717, 1.165) is 27.7 Å². The molecule has 4 rings (SSSR count). The largest absolute Gasteiger partial charge is 0.497 e. The highest BCUT2D eigenvalue weighted by molar-refractivity contribution is 7.20. The van der Waals surface area contributed by atoms with Gasteiger partial charge < -0.3 is 15.0 Å². The van der Waals surface area contributed by atoms with E-state index in [0.29, 0.717) is 11.4 Å². The van der Waals surface area contributed by atoms with Gasteiger partial charge in [-0.25, -0.2) is 4.98 Å². The summed E-state index contributed by atoms with van der Waals surface area (Å²) >= 11 is 1.45. The highest BCUT2D eigenvalue weighted by Gasteiger charge is 2.20. The molecule has 160 valence electrons. The first-order chi connectivity index (χ1) is 15.0. The molecule has 0 bridgehead atoms. The summed E-state index contributed by atoms with van der Waals surface area (Å²) in [5, 5.41) is 3.07. The second-order valence-corrected chi connectivity index (χ2v) is 8.69. The third-order valence-electron chi connectivity index (χ3n) is 5.21. The number of fused-ring (bicyclic) bond motifs is 1. The second kappa shape index (κ2) is 8.81. The molecule has 7 heteroatoms. The van der Waals surface area contributed by atoms with Crippen LogP contribution in [0.25, 0.3) is 16.0 Å². The van der Waals surface area contributed by atoms with Crippen molar-refractivity contribution >= 4 is 33.5 Å². The van der Waals surface area contributed by atoms with Crippen molar-refractivity contribution in [1.82, 2.24) is 14.9 Å². The lowest BCUT2D eigenvalue weighted by Gasteiger charge is -2.15. The molecular weight excluding hydrogens is 408 g/mol. The Hall–Kier alpha value is -3.32. The number of nitrogens with zero attached hydrogens (tertiary/aromatic N) is 3. The summed E-state index contributed by atoms with van der Waals surface area (Å²) in [7, 11) is 5.58. The number of benzene rings is 2. The zero-order chi connectivity index (χ0) is 22.0. The molecule has 1 atom stereocenters. The number of hydrogen-bond acceptors (Lipinski definition) is 5. The van der Waals surface area contributed by atoms with Gasteiger partial charge in [-0.2, -0.15) is 0 Å². The van der Waals surface area contributed by atoms with E-state index in [2.05, 4.69) is 28.9 Å². The molecular formula is C24H26N4O2S. The van der Waals surface area contributed by atoms with E-state index in [1.807, 2.05) is 67.5 Å². The molecule has 0 fully saturated rings. The third kappa shape index (κ3) is 4.27. The highest BCUT2D eigenvalue weighted by Crippen LogP contribution is 2.33. The number of aromatic nitrogens is 2. The van der Waals surface area contributed by atoms with Gasteiger partial charge in [0.2, 0.25) is 5.95 Å². The molecule has 31 heavy (non-hydrogen) atoms. The number of carbonyl (C=O) groups is 1. The topological polar surface area (TPSA) is 59.4 Å². The van der Waals surface area contributed by atoms with Gasteiger partial charge in [-0.1, -0.05) is 37.3 Å². The minimum absolute atomic E-state index is 0.0709. The van der Waals surface area contributed by atoms with Crippen LogP contribution >= 0.6 is 11.3 Å². The van der Waals surface area contributed by atoms with Gasteiger partial charge in [0.05, 0.1) is 17.7 Å². The van der Waals surface area contributed by atoms with E-state index in [9.17, 15) is 4.79 Å². The molecule has 1 unspecified atom stereocenters. The molecule has 0 saturated heterocycles. The Morgan fingerprint density at radius 1 is 1.16 bits per heavy atom. The molecule has 0 spiro atoms. The fraction of sp³-hybridized carbons (Fsp3) is 0.250. The van der Waals surface area contributed by atoms with E-state index in [1.165, 1.54) is 16.9 Å². The van der Waals surface area contributed by atoms with E-state index in [1.54, 1.807) is 7.11 Å². The van der Waals surface area contributed by atoms with Crippen LogP contribution in [0.3, 0.4) is 0 Å². The smallest absolute Gasteiger partial charge is 0.261 e. The summed E-state index contributed by atoms with van der Waals surface area (Å²) in [5.74, 6) is 1.78. The van der Waals surface area contributed by atoms with Crippen molar-refractivity contribution in [3.63, 3.8) is 0 Å². The van der Waals surface area contributed by atoms with E-state index in [-0.39, 0.29) is 11.8 Å². The van der Waals surface area contributed by atoms with Gasteiger partial charge in [-0.15, -0.1) is 11.3 Å². The lowest BCUT2D eigenvalue weighted by atomic mass is 10.0. The molecule has 0 saturated carbocycles. The summed E-state index contributed by atoms with van der Waals surface area (Å²) in [4.78, 5) is 21.2. The maximum Gasteiger partial charge on any atom is 0.261 e. The number of ether oxygens (including phenoxy) is 1. The standard InChI is InChI=1S/C24H26N4O2S/c1-16(17-8-6-5-7-9-17)15-25-22(29)21-14-20-23(31-21)28(24(26-20)27(2)3)18-10-12-19(30-4)13-11-18/h5-14,16H,15H2,1-4H3,(H,25,29). The van der Waals surface area contributed by atoms with Gasteiger partial charge in [-0.05, 0) is 41.8 Å². The quantitative estimate of drug-likeness (QED) is 0.458. The number of amides is 1. The van der Waals surface area contributed by atoms with E-state index >= 15 is 0 Å². The van der Waals surface area contributed by atoms with Gasteiger partial charge in [0.15, 0.2) is 0 Å². The minimum Gasteiger partial charge on any atom is -0.497 e. The number of imidazole rings is 1. The van der Waals surface area contributed by atoms with Gasteiger partial charge >= 0.3 is 0 Å². The van der Waals surface area contributed by atoms with Crippen molar-refractivity contribution in [3.8, 4) is 11.4 Å². The Morgan fingerprint density at radius 2 is 1.87 bits per heavy atom. The summed E-state index contributed by atoms with van der Waals surface area (Å²) in [5.41, 5.74) is 2.99. The SMILES string of the molecule is COc1ccc(-n2c(N(C)C)nc3cc(C(=O)NCC(C)c4ccccc4)sc32)cc1. The van der Waals surface area contributed by atoms with Crippen molar-refractivity contribution < 1.29 is 9.53 Å². The molecule has 4 aromatic rings. The number of thiophene rings is 1. The molecule has 2 aromatic heterocycles. The van der Waals surface area contributed by atoms with E-state index in [4.69, 9.17) is 9.72 Å². The van der Waals surface area contributed by atoms with Crippen LogP contribution in [-0.2, 0) is 0 Å². The fourth-order valence-electron chi connectivity index (χ4n) is 3.47. The van der Waals surface area contributed by atoms with E-state index < -0.39 is 0 Å². The first-order valence-electron chi connectivity index (χ1n) is 10.1. The average molecular weight is 435 g/mol. The average Bonchev–Trinajstić information content (AvgIpc) is 3.36. The van der Waals surface area contributed by atoms with Crippen LogP contribution in [0, 0.1) is 0 Å². The molecule has 0 aliphatic rings. The van der Waals surface area contributed by atoms with Crippen LogP contribution in [0.2, 0.25) is 0 Å². The van der Waals surface area contributed by atoms with Crippen LogP contribution in [0.4, 0.5) is 5.95 Å². The number of hydrogen-bond donors (Lipinski definition) is 1. The molecule has 6 nitrogen and oxygen atoms in total. The third-order valence-corrected chi connectivity index (χ3v) is 6.32. The number of carbonyl (C=O) groups excluding carboxylic acids is 1. The molecule has 2 aromatic carbocycles. The predicted octanol–water partition coefficient (Wildman–Crippen LogP) is 4.70. The van der Waals surface area contributed by atoms with Crippen LogP contribution in [0.5, 0.6) is 5.75 Å². The molecule has 0 aliphatic carbocycles. The van der Waals surface area contributed by atoms with Crippen LogP contribution < -0.4 is 15.0 Å². The summed E-state index contributed by atoms with van der Waals surface area (Å²) < 4.78 is 7.35. The number of rotatable bonds is 7. The van der Waals surface area contributed by atoms with Crippen LogP contribution in [-0.4, -0.2) is 43.2 Å². The predicted molar refractivity (Wildman–Crippen MR) is 127 cm³/mol. The van der Waals surface area contributed by atoms with Crippen molar-refractivity contribution in [2.75, 3.05) is 32.6 Å². The Bertz CT molecular complexity index is 1180. The van der Waals surface area contributed by atoms with Crippen molar-refractivity contribution in [3.05, 3.63) is 71.1 Å². The number of methoxy groups -OCH3 is 1. The molecule has 0 radical (unpaired) electrons. The highest BCUT2D eigenvalue weighted by atomic mass is 32.1. The molecule has 2 heterocycles. The summed E-state index contributed by atoms with van der Waals surface area (Å²) in [6, 6.07) is 19.9. The van der Waals surface area contributed by atoms with Crippen LogP contribution in [0.1, 0.15) is 28.1 Å². The molecule has 1 amide bonds. The van der Waals surface area contributed by atoms with Crippen molar-refractivity contribution in [1.29, 1.82) is 0 Å². The Labute approximate surface area is 186 Å². The second-order valence-electron chi connectivity index (χ2n) is 7.66. The maximum atomic E-state index is 12.8. The van der Waals surface area contributed by atoms with Crippen molar-refractivity contribution in [2.24, 2.45) is 0 Å². The van der Waals surface area contributed by atoms with Gasteiger partial charge in [0.1, 0.15) is 16.1 Å². The maximum absolute atomic E-state index is 12.8. The van der Waals surface area contributed by atoms with Gasteiger partial charge in [0.25, 0.3) is 5.91 Å². The monoisotopic (exact) mass is 434 g/mol. The zero-order valence-corrected chi connectivity index (χ0v) is 18.9. The molecule has 1 N–H and O–H groups in total. The Morgan fingerprint density at radius 3 is 2.52 bits per heavy atom. The number of nitrogens with one attached hydrogen (secondary N) is 1. The van der Waals surface area contributed by atoms with Gasteiger partial charge in [0, 0.05) is 20.6 Å². The Balaban J connectivity index is 1.60. The minimum atomic E-state index is -0.0709. The summed E-state index contributed by atoms with van der Waals surface area (Å²) in [6.45, 7) is 2.70. The normalized spacial score (nSPS) is 12.0. The molecule has 0 aliphatic heterocycles. The first-order valence-corrected chi connectivity index (χ1v) is 11.0. The lowest BCUT2D eigenvalue weighted by Crippen LogP contribution is -2.26. The Kier molecular flexibility index (Phi) is 5.95. The van der Waals surface area contributed by atoms with Crippen LogP contribution in [0.15, 0.2) is 60.7 Å².